The minimum atomic E-state index is -4.34. The standard InChI is InChI=1S/C16H20F3NO/c1-2-8-20-9-6-15(21,7-10-20)12-13-4-3-5-14(11-13)16(17,18)19/h2-5,11,21H,1,6-10,12H2. The largest absolute Gasteiger partial charge is 0.416 e. The molecule has 1 aromatic carbocycles. The van der Waals surface area contributed by atoms with Crippen molar-refractivity contribution in [3.63, 3.8) is 0 Å². The Morgan fingerprint density at radius 3 is 2.52 bits per heavy atom. The Bertz CT molecular complexity index is 491. The van der Waals surface area contributed by atoms with E-state index in [0.29, 0.717) is 18.4 Å². The van der Waals surface area contributed by atoms with E-state index < -0.39 is 17.3 Å². The molecule has 0 radical (unpaired) electrons. The molecule has 5 heteroatoms. The molecular formula is C16H20F3NO. The third-order valence-electron chi connectivity index (χ3n) is 3.96. The normalized spacial score (nSPS) is 19.4. The molecule has 1 aliphatic heterocycles. The van der Waals surface area contributed by atoms with E-state index in [2.05, 4.69) is 11.5 Å². The molecule has 0 aliphatic carbocycles. The van der Waals surface area contributed by atoms with E-state index in [1.54, 1.807) is 6.07 Å². The van der Waals surface area contributed by atoms with Gasteiger partial charge in [0.2, 0.25) is 0 Å². The van der Waals surface area contributed by atoms with Crippen molar-refractivity contribution in [3.05, 3.63) is 48.0 Å². The van der Waals surface area contributed by atoms with Gasteiger partial charge in [-0.05, 0) is 24.5 Å². The number of likely N-dealkylation sites (tertiary alicyclic amines) is 1. The molecule has 0 saturated carbocycles. The molecule has 0 unspecified atom stereocenters. The van der Waals surface area contributed by atoms with Crippen molar-refractivity contribution in [3.8, 4) is 0 Å². The summed E-state index contributed by atoms with van der Waals surface area (Å²) in [4.78, 5) is 2.17. The lowest BCUT2D eigenvalue weighted by Gasteiger charge is -2.38. The van der Waals surface area contributed by atoms with Crippen LogP contribution in [0.4, 0.5) is 13.2 Å². The molecule has 116 valence electrons. The molecule has 2 nitrogen and oxygen atoms in total. The second kappa shape index (κ2) is 6.20. The maximum atomic E-state index is 12.7. The van der Waals surface area contributed by atoms with Crippen LogP contribution >= 0.6 is 0 Å². The molecule has 2 rings (SSSR count). The summed E-state index contributed by atoms with van der Waals surface area (Å²) in [6, 6.07) is 5.23. The number of piperidine rings is 1. The Labute approximate surface area is 122 Å². The summed E-state index contributed by atoms with van der Waals surface area (Å²) in [6.07, 6.45) is -1.13. The van der Waals surface area contributed by atoms with Crippen molar-refractivity contribution >= 4 is 0 Å². The van der Waals surface area contributed by atoms with Crippen molar-refractivity contribution in [1.29, 1.82) is 0 Å². The highest BCUT2D eigenvalue weighted by molar-refractivity contribution is 5.27. The molecule has 0 bridgehead atoms. The molecule has 0 atom stereocenters. The lowest BCUT2D eigenvalue weighted by atomic mass is 9.85. The third kappa shape index (κ3) is 4.32. The van der Waals surface area contributed by atoms with Crippen LogP contribution in [0.15, 0.2) is 36.9 Å². The molecule has 0 amide bonds. The quantitative estimate of drug-likeness (QED) is 0.863. The van der Waals surface area contributed by atoms with Crippen LogP contribution in [0.2, 0.25) is 0 Å². The zero-order chi connectivity index (χ0) is 15.5. The first-order valence-corrected chi connectivity index (χ1v) is 7.04. The van der Waals surface area contributed by atoms with Crippen LogP contribution in [-0.2, 0) is 12.6 Å². The third-order valence-corrected chi connectivity index (χ3v) is 3.96. The number of halogens is 3. The van der Waals surface area contributed by atoms with Crippen LogP contribution < -0.4 is 0 Å². The van der Waals surface area contributed by atoms with Gasteiger partial charge >= 0.3 is 6.18 Å². The van der Waals surface area contributed by atoms with Crippen LogP contribution in [0.1, 0.15) is 24.0 Å². The van der Waals surface area contributed by atoms with Gasteiger partial charge in [-0.2, -0.15) is 13.2 Å². The van der Waals surface area contributed by atoms with Gasteiger partial charge in [-0.1, -0.05) is 24.3 Å². The van der Waals surface area contributed by atoms with E-state index in [-0.39, 0.29) is 6.42 Å². The highest BCUT2D eigenvalue weighted by atomic mass is 19.4. The van der Waals surface area contributed by atoms with E-state index >= 15 is 0 Å². The number of hydrogen-bond acceptors (Lipinski definition) is 2. The minimum absolute atomic E-state index is 0.263. The number of aliphatic hydroxyl groups is 1. The summed E-state index contributed by atoms with van der Waals surface area (Å²) in [5, 5.41) is 10.6. The lowest BCUT2D eigenvalue weighted by molar-refractivity contribution is -0.137. The van der Waals surface area contributed by atoms with Gasteiger partial charge < -0.3 is 5.11 Å². The average molecular weight is 299 g/mol. The Kier molecular flexibility index (Phi) is 4.74. The highest BCUT2D eigenvalue weighted by Crippen LogP contribution is 2.32. The van der Waals surface area contributed by atoms with E-state index in [4.69, 9.17) is 0 Å². The fourth-order valence-electron chi connectivity index (χ4n) is 2.75. The Balaban J connectivity index is 2.03. The topological polar surface area (TPSA) is 23.5 Å². The van der Waals surface area contributed by atoms with Crippen LogP contribution in [0, 0.1) is 0 Å². The molecule has 1 aromatic rings. The van der Waals surface area contributed by atoms with Gasteiger partial charge in [-0.25, -0.2) is 0 Å². The summed E-state index contributed by atoms with van der Waals surface area (Å²) >= 11 is 0. The summed E-state index contributed by atoms with van der Waals surface area (Å²) in [5.74, 6) is 0. The number of rotatable bonds is 4. The van der Waals surface area contributed by atoms with Gasteiger partial charge in [0.25, 0.3) is 0 Å². The minimum Gasteiger partial charge on any atom is -0.389 e. The van der Waals surface area contributed by atoms with Gasteiger partial charge in [0.05, 0.1) is 11.2 Å². The van der Waals surface area contributed by atoms with E-state index in [1.807, 2.05) is 6.08 Å². The maximum absolute atomic E-state index is 12.7. The van der Waals surface area contributed by atoms with Crippen molar-refractivity contribution in [2.24, 2.45) is 0 Å². The molecule has 1 fully saturated rings. The first-order valence-electron chi connectivity index (χ1n) is 7.04. The summed E-state index contributed by atoms with van der Waals surface area (Å²) in [7, 11) is 0. The molecule has 1 N–H and O–H groups in total. The average Bonchev–Trinajstić information content (AvgIpc) is 2.41. The zero-order valence-corrected chi connectivity index (χ0v) is 11.9. The lowest BCUT2D eigenvalue weighted by Crippen LogP contribution is -2.45. The molecule has 21 heavy (non-hydrogen) atoms. The summed E-state index contributed by atoms with van der Waals surface area (Å²) in [6.45, 7) is 5.93. The predicted octanol–water partition coefficient (Wildman–Crippen LogP) is 3.26. The van der Waals surface area contributed by atoms with Gasteiger partial charge in [0, 0.05) is 26.1 Å². The molecule has 0 spiro atoms. The second-order valence-corrected chi connectivity index (χ2v) is 5.69. The molecule has 1 saturated heterocycles. The van der Waals surface area contributed by atoms with Crippen molar-refractivity contribution in [2.45, 2.75) is 31.0 Å². The van der Waals surface area contributed by atoms with Gasteiger partial charge in [0.1, 0.15) is 0 Å². The first-order chi connectivity index (χ1) is 9.82. The van der Waals surface area contributed by atoms with E-state index in [9.17, 15) is 18.3 Å². The first kappa shape index (κ1) is 16.0. The summed E-state index contributed by atoms with van der Waals surface area (Å²) in [5.41, 5.74) is -1.04. The number of hydrogen-bond donors (Lipinski definition) is 1. The van der Waals surface area contributed by atoms with Crippen LogP contribution in [-0.4, -0.2) is 35.2 Å². The van der Waals surface area contributed by atoms with Crippen LogP contribution in [0.5, 0.6) is 0 Å². The molecular weight excluding hydrogens is 279 g/mol. The number of benzene rings is 1. The number of nitrogens with zero attached hydrogens (tertiary/aromatic N) is 1. The number of alkyl halides is 3. The van der Waals surface area contributed by atoms with E-state index in [1.165, 1.54) is 6.07 Å². The second-order valence-electron chi connectivity index (χ2n) is 5.69. The van der Waals surface area contributed by atoms with Crippen molar-refractivity contribution in [2.75, 3.05) is 19.6 Å². The fourth-order valence-corrected chi connectivity index (χ4v) is 2.75. The highest BCUT2D eigenvalue weighted by Gasteiger charge is 2.34. The van der Waals surface area contributed by atoms with Gasteiger partial charge in [-0.15, -0.1) is 6.58 Å². The van der Waals surface area contributed by atoms with Crippen molar-refractivity contribution in [1.82, 2.24) is 4.90 Å². The van der Waals surface area contributed by atoms with E-state index in [0.717, 1.165) is 31.8 Å². The van der Waals surface area contributed by atoms with Crippen molar-refractivity contribution < 1.29 is 18.3 Å². The fraction of sp³-hybridized carbons (Fsp3) is 0.500. The molecule has 1 heterocycles. The Hall–Kier alpha value is -1.33. The Morgan fingerprint density at radius 2 is 1.95 bits per heavy atom. The molecule has 1 aliphatic rings. The summed E-state index contributed by atoms with van der Waals surface area (Å²) < 4.78 is 38.1. The van der Waals surface area contributed by atoms with Crippen LogP contribution in [0.25, 0.3) is 0 Å². The monoisotopic (exact) mass is 299 g/mol. The molecule has 0 aromatic heterocycles. The maximum Gasteiger partial charge on any atom is 0.416 e. The SMILES string of the molecule is C=CCN1CCC(O)(Cc2cccc(C(F)(F)F)c2)CC1. The van der Waals surface area contributed by atoms with Gasteiger partial charge in [0.15, 0.2) is 0 Å². The predicted molar refractivity (Wildman–Crippen MR) is 76.0 cm³/mol. The Morgan fingerprint density at radius 1 is 1.29 bits per heavy atom. The van der Waals surface area contributed by atoms with Gasteiger partial charge in [-0.3, -0.25) is 4.90 Å². The van der Waals surface area contributed by atoms with Crippen LogP contribution in [0.3, 0.4) is 0 Å². The smallest absolute Gasteiger partial charge is 0.389 e. The zero-order valence-electron chi connectivity index (χ0n) is 11.9.